The molecule has 116 valence electrons. The lowest BCUT2D eigenvalue weighted by atomic mass is 10.1. The molecule has 5 nitrogen and oxygen atoms in total. The molecule has 1 aliphatic heterocycles. The van der Waals surface area contributed by atoms with Gasteiger partial charge < -0.3 is 4.74 Å². The molecular weight excluding hydrogens is 320 g/mol. The second-order valence-electron chi connectivity index (χ2n) is 5.10. The Morgan fingerprint density at radius 3 is 2.64 bits per heavy atom. The largest absolute Gasteiger partial charge is 0.497 e. The molecular formula is C15H16N2O3S2. The first-order valence-corrected chi connectivity index (χ1v) is 9.60. The first-order chi connectivity index (χ1) is 10.6. The van der Waals surface area contributed by atoms with E-state index >= 15 is 0 Å². The molecule has 22 heavy (non-hydrogen) atoms. The van der Waals surface area contributed by atoms with Crippen molar-refractivity contribution in [2.45, 2.75) is 16.8 Å². The molecule has 0 amide bonds. The Balaban J connectivity index is 1.77. The van der Waals surface area contributed by atoms with Crippen molar-refractivity contribution in [3.63, 3.8) is 0 Å². The van der Waals surface area contributed by atoms with E-state index in [1.165, 1.54) is 11.8 Å². The van der Waals surface area contributed by atoms with E-state index < -0.39 is 9.84 Å². The molecule has 1 atom stereocenters. The van der Waals surface area contributed by atoms with Crippen molar-refractivity contribution in [1.82, 2.24) is 9.97 Å². The molecule has 0 aliphatic carbocycles. The summed E-state index contributed by atoms with van der Waals surface area (Å²) in [7, 11) is -1.25. The summed E-state index contributed by atoms with van der Waals surface area (Å²) in [6.45, 7) is 0. The summed E-state index contributed by atoms with van der Waals surface area (Å²) in [5, 5.41) is 0.673. The fraction of sp³-hybridized carbons (Fsp3) is 0.333. The minimum absolute atomic E-state index is 0.0520. The van der Waals surface area contributed by atoms with E-state index in [0.717, 1.165) is 17.0 Å². The zero-order chi connectivity index (χ0) is 15.6. The van der Waals surface area contributed by atoms with Gasteiger partial charge in [0.05, 0.1) is 24.3 Å². The lowest BCUT2D eigenvalue weighted by Crippen LogP contribution is -2.07. The van der Waals surface area contributed by atoms with Crippen LogP contribution in [0.25, 0.3) is 11.3 Å². The average Bonchev–Trinajstić information content (AvgIpc) is 2.86. The molecule has 1 fully saturated rings. The fourth-order valence-corrected chi connectivity index (χ4v) is 5.72. The summed E-state index contributed by atoms with van der Waals surface area (Å²) in [4.78, 5) is 8.77. The number of ether oxygens (including phenoxy) is 1. The van der Waals surface area contributed by atoms with Gasteiger partial charge in [0.25, 0.3) is 0 Å². The van der Waals surface area contributed by atoms with E-state index in [4.69, 9.17) is 4.74 Å². The summed E-state index contributed by atoms with van der Waals surface area (Å²) in [5.41, 5.74) is 1.80. The normalized spacial score (nSPS) is 20.0. The zero-order valence-electron chi connectivity index (χ0n) is 12.1. The van der Waals surface area contributed by atoms with E-state index in [2.05, 4.69) is 9.97 Å². The van der Waals surface area contributed by atoms with Gasteiger partial charge in [0, 0.05) is 17.0 Å². The van der Waals surface area contributed by atoms with E-state index in [0.29, 0.717) is 11.6 Å². The molecule has 0 bridgehead atoms. The summed E-state index contributed by atoms with van der Waals surface area (Å²) >= 11 is 1.44. The third-order valence-electron chi connectivity index (χ3n) is 3.48. The lowest BCUT2D eigenvalue weighted by Gasteiger charge is -2.07. The molecule has 1 aliphatic rings. The Kier molecular flexibility index (Phi) is 4.35. The van der Waals surface area contributed by atoms with Crippen LogP contribution in [-0.4, -0.2) is 42.3 Å². The highest BCUT2D eigenvalue weighted by atomic mass is 32.2. The standard InChI is InChI=1S/C15H16N2O3S2/c1-20-12-4-2-11(3-5-12)14-6-8-16-15(17-14)21-13-7-9-22(18,19)10-13/h2-6,8,13H,7,9-10H2,1H3/t13-/m1/s1. The van der Waals surface area contributed by atoms with E-state index in [9.17, 15) is 8.42 Å². The average molecular weight is 336 g/mol. The van der Waals surface area contributed by atoms with Gasteiger partial charge in [-0.05, 0) is 36.8 Å². The van der Waals surface area contributed by atoms with Crippen molar-refractivity contribution in [1.29, 1.82) is 0 Å². The summed E-state index contributed by atoms with van der Waals surface area (Å²) in [6, 6.07) is 9.49. The second kappa shape index (κ2) is 6.26. The van der Waals surface area contributed by atoms with Crippen LogP contribution in [0.4, 0.5) is 0 Å². The maximum Gasteiger partial charge on any atom is 0.188 e. The van der Waals surface area contributed by atoms with Crippen LogP contribution in [0.3, 0.4) is 0 Å². The molecule has 3 rings (SSSR count). The van der Waals surface area contributed by atoms with Crippen LogP contribution in [0.2, 0.25) is 0 Å². The van der Waals surface area contributed by atoms with Gasteiger partial charge >= 0.3 is 0 Å². The van der Waals surface area contributed by atoms with Gasteiger partial charge in [0.1, 0.15) is 5.75 Å². The minimum atomic E-state index is -2.88. The van der Waals surface area contributed by atoms with Crippen molar-refractivity contribution >= 4 is 21.6 Å². The SMILES string of the molecule is COc1ccc(-c2ccnc(S[C@@H]3CCS(=O)(=O)C3)n2)cc1. The Hall–Kier alpha value is -1.60. The van der Waals surface area contributed by atoms with Crippen LogP contribution in [-0.2, 0) is 9.84 Å². The first-order valence-electron chi connectivity index (χ1n) is 6.90. The number of hydrogen-bond acceptors (Lipinski definition) is 6. The first kappa shape index (κ1) is 15.3. The zero-order valence-corrected chi connectivity index (χ0v) is 13.7. The van der Waals surface area contributed by atoms with Crippen LogP contribution in [0, 0.1) is 0 Å². The van der Waals surface area contributed by atoms with Gasteiger partial charge in [-0.3, -0.25) is 0 Å². The maximum atomic E-state index is 11.5. The molecule has 2 aromatic rings. The highest BCUT2D eigenvalue weighted by molar-refractivity contribution is 8.01. The van der Waals surface area contributed by atoms with Gasteiger partial charge in [-0.1, -0.05) is 11.8 Å². The van der Waals surface area contributed by atoms with Gasteiger partial charge in [-0.25, -0.2) is 18.4 Å². The van der Waals surface area contributed by atoms with Gasteiger partial charge in [0.2, 0.25) is 0 Å². The summed E-state index contributed by atoms with van der Waals surface area (Å²) in [6.07, 6.45) is 2.38. The van der Waals surface area contributed by atoms with E-state index in [1.807, 2.05) is 30.3 Å². The van der Waals surface area contributed by atoms with Gasteiger partial charge in [-0.2, -0.15) is 0 Å². The smallest absolute Gasteiger partial charge is 0.188 e. The number of aromatic nitrogens is 2. The van der Waals surface area contributed by atoms with Crippen LogP contribution in [0.15, 0.2) is 41.7 Å². The van der Waals surface area contributed by atoms with Crippen molar-refractivity contribution in [3.05, 3.63) is 36.5 Å². The maximum absolute atomic E-state index is 11.5. The highest BCUT2D eigenvalue weighted by Gasteiger charge is 2.29. The molecule has 1 aromatic heterocycles. The number of sulfone groups is 1. The lowest BCUT2D eigenvalue weighted by molar-refractivity contribution is 0.415. The van der Waals surface area contributed by atoms with Gasteiger partial charge in [0.15, 0.2) is 15.0 Å². The van der Waals surface area contributed by atoms with E-state index in [-0.39, 0.29) is 16.8 Å². The third-order valence-corrected chi connectivity index (χ3v) is 6.60. The Morgan fingerprint density at radius 1 is 1.23 bits per heavy atom. The van der Waals surface area contributed by atoms with Crippen LogP contribution in [0.5, 0.6) is 5.75 Å². The molecule has 2 heterocycles. The predicted octanol–water partition coefficient (Wildman–Crippen LogP) is 2.43. The number of rotatable bonds is 4. The van der Waals surface area contributed by atoms with Gasteiger partial charge in [-0.15, -0.1) is 0 Å². The van der Waals surface area contributed by atoms with Crippen molar-refractivity contribution in [3.8, 4) is 17.0 Å². The fourth-order valence-electron chi connectivity index (χ4n) is 2.32. The molecule has 0 unspecified atom stereocenters. The monoisotopic (exact) mass is 336 g/mol. The number of methoxy groups -OCH3 is 1. The molecule has 1 saturated heterocycles. The second-order valence-corrected chi connectivity index (χ2v) is 8.59. The molecule has 0 saturated carbocycles. The van der Waals surface area contributed by atoms with Crippen molar-refractivity contribution < 1.29 is 13.2 Å². The number of benzene rings is 1. The van der Waals surface area contributed by atoms with Crippen LogP contribution in [0.1, 0.15) is 6.42 Å². The molecule has 0 spiro atoms. The summed E-state index contributed by atoms with van der Waals surface area (Å²) in [5.74, 6) is 1.28. The van der Waals surface area contributed by atoms with E-state index in [1.54, 1.807) is 13.3 Å². The Bertz CT molecular complexity index is 761. The third kappa shape index (κ3) is 3.59. The Labute approximate surface area is 134 Å². The number of hydrogen-bond donors (Lipinski definition) is 0. The molecule has 7 heteroatoms. The van der Waals surface area contributed by atoms with Crippen LogP contribution >= 0.6 is 11.8 Å². The topological polar surface area (TPSA) is 69.2 Å². The van der Waals surface area contributed by atoms with Crippen molar-refractivity contribution in [2.24, 2.45) is 0 Å². The predicted molar refractivity (Wildman–Crippen MR) is 86.9 cm³/mol. The van der Waals surface area contributed by atoms with Crippen LogP contribution < -0.4 is 4.74 Å². The van der Waals surface area contributed by atoms with Crippen molar-refractivity contribution in [2.75, 3.05) is 18.6 Å². The molecule has 0 N–H and O–H groups in total. The minimum Gasteiger partial charge on any atom is -0.497 e. The Morgan fingerprint density at radius 2 is 2.00 bits per heavy atom. The number of nitrogens with zero attached hydrogens (tertiary/aromatic N) is 2. The quantitative estimate of drug-likeness (QED) is 0.799. The molecule has 1 aromatic carbocycles. The summed E-state index contributed by atoms with van der Waals surface area (Å²) < 4.78 is 28.2. The molecule has 0 radical (unpaired) electrons. The number of thioether (sulfide) groups is 1. The highest BCUT2D eigenvalue weighted by Crippen LogP contribution is 2.30.